The number of carbonyl (C=O) groups is 1. The summed E-state index contributed by atoms with van der Waals surface area (Å²) in [5.74, 6) is 3.80. The van der Waals surface area contributed by atoms with Crippen molar-refractivity contribution in [2.75, 3.05) is 0 Å². The van der Waals surface area contributed by atoms with Gasteiger partial charge in [-0.05, 0) is 91.3 Å². The van der Waals surface area contributed by atoms with Gasteiger partial charge in [-0.1, -0.05) is 59.3 Å². The summed E-state index contributed by atoms with van der Waals surface area (Å²) in [7, 11) is 0. The summed E-state index contributed by atoms with van der Waals surface area (Å²) in [6.45, 7) is 14.1. The van der Waals surface area contributed by atoms with Gasteiger partial charge in [0.15, 0.2) is 5.78 Å². The topological polar surface area (TPSA) is 37.3 Å². The fraction of sp³-hybridized carbons (Fsp3) is 0.821. The van der Waals surface area contributed by atoms with Gasteiger partial charge in [-0.2, -0.15) is 0 Å². The monoisotopic (exact) mass is 412 g/mol. The first-order chi connectivity index (χ1) is 14.1. The number of aliphatic hydroxyl groups excluding tert-OH is 1. The van der Waals surface area contributed by atoms with Crippen LogP contribution in [0.2, 0.25) is 0 Å². The van der Waals surface area contributed by atoms with Crippen molar-refractivity contribution in [2.24, 2.45) is 46.3 Å². The maximum atomic E-state index is 13.4. The largest absolute Gasteiger partial charge is 0.393 e. The molecular weight excluding hydrogens is 368 g/mol. The van der Waals surface area contributed by atoms with Crippen LogP contribution in [-0.4, -0.2) is 17.0 Å². The van der Waals surface area contributed by atoms with Crippen molar-refractivity contribution in [3.63, 3.8) is 0 Å². The summed E-state index contributed by atoms with van der Waals surface area (Å²) < 4.78 is 0. The average molecular weight is 413 g/mol. The molecule has 0 amide bonds. The third-order valence-corrected chi connectivity index (χ3v) is 10.2. The van der Waals surface area contributed by atoms with Crippen LogP contribution in [0, 0.1) is 46.3 Å². The second kappa shape index (κ2) is 7.91. The van der Waals surface area contributed by atoms with E-state index in [2.05, 4.69) is 53.7 Å². The lowest BCUT2D eigenvalue weighted by Gasteiger charge is -2.56. The molecule has 4 aliphatic carbocycles. The standard InChI is InChI=1S/C28H44O2/c1-17(2)18(3)7-8-19(4)24-16-25(30)26-22-10-9-20-15-21(29)11-13-27(20,5)23(22)12-14-28(24,26)6/h7-8,17-21,23-24,29H,9-16H2,1-6H3/b8-7+/t18?,19-,20+,21+,23+,24-,27+,28-/m1/s1. The molecule has 1 unspecified atom stereocenters. The molecule has 3 saturated carbocycles. The maximum Gasteiger partial charge on any atom is 0.159 e. The Morgan fingerprint density at radius 1 is 1.03 bits per heavy atom. The number of aliphatic hydroxyl groups is 1. The molecule has 2 heteroatoms. The predicted octanol–water partition coefficient (Wildman–Crippen LogP) is 6.73. The van der Waals surface area contributed by atoms with Crippen LogP contribution in [-0.2, 0) is 4.79 Å². The summed E-state index contributed by atoms with van der Waals surface area (Å²) >= 11 is 0. The van der Waals surface area contributed by atoms with E-state index in [4.69, 9.17) is 0 Å². The van der Waals surface area contributed by atoms with Gasteiger partial charge in [0, 0.05) is 12.0 Å². The fourth-order valence-corrected chi connectivity index (χ4v) is 7.81. The minimum atomic E-state index is -0.107. The van der Waals surface area contributed by atoms with Gasteiger partial charge in [-0.15, -0.1) is 0 Å². The van der Waals surface area contributed by atoms with E-state index >= 15 is 0 Å². The molecule has 4 aliphatic rings. The number of hydrogen-bond donors (Lipinski definition) is 1. The predicted molar refractivity (Wildman–Crippen MR) is 124 cm³/mol. The van der Waals surface area contributed by atoms with E-state index in [-0.39, 0.29) is 16.9 Å². The normalized spacial score (nSPS) is 43.5. The number of hydrogen-bond acceptors (Lipinski definition) is 2. The van der Waals surface area contributed by atoms with Crippen LogP contribution in [0.25, 0.3) is 0 Å². The molecule has 3 fully saturated rings. The summed E-state index contributed by atoms with van der Waals surface area (Å²) in [4.78, 5) is 13.4. The molecule has 1 N–H and O–H groups in total. The van der Waals surface area contributed by atoms with Crippen LogP contribution in [0.3, 0.4) is 0 Å². The Bertz CT molecular complexity index is 746. The molecule has 0 spiro atoms. The number of rotatable bonds is 4. The molecule has 8 atom stereocenters. The van der Waals surface area contributed by atoms with Crippen molar-refractivity contribution in [3.05, 3.63) is 23.3 Å². The zero-order valence-corrected chi connectivity index (χ0v) is 20.2. The van der Waals surface area contributed by atoms with E-state index in [9.17, 15) is 9.90 Å². The fourth-order valence-electron chi connectivity index (χ4n) is 7.81. The maximum absolute atomic E-state index is 13.4. The van der Waals surface area contributed by atoms with E-state index in [1.807, 2.05) is 0 Å². The van der Waals surface area contributed by atoms with E-state index < -0.39 is 0 Å². The van der Waals surface area contributed by atoms with Gasteiger partial charge in [0.2, 0.25) is 0 Å². The van der Waals surface area contributed by atoms with Gasteiger partial charge in [0.1, 0.15) is 0 Å². The number of Topliss-reactive ketones (excluding diaryl/α,β-unsaturated/α-hetero) is 1. The van der Waals surface area contributed by atoms with Crippen LogP contribution < -0.4 is 0 Å². The molecule has 0 aromatic carbocycles. The first-order valence-corrected chi connectivity index (χ1v) is 12.7. The van der Waals surface area contributed by atoms with Gasteiger partial charge >= 0.3 is 0 Å². The van der Waals surface area contributed by atoms with Crippen LogP contribution in [0.5, 0.6) is 0 Å². The zero-order chi connectivity index (χ0) is 21.8. The van der Waals surface area contributed by atoms with Crippen LogP contribution in [0.1, 0.15) is 92.9 Å². The Balaban J connectivity index is 1.63. The summed E-state index contributed by atoms with van der Waals surface area (Å²) in [5.41, 5.74) is 3.15. The quantitative estimate of drug-likeness (QED) is 0.520. The van der Waals surface area contributed by atoms with Crippen molar-refractivity contribution < 1.29 is 9.90 Å². The molecule has 30 heavy (non-hydrogen) atoms. The summed E-state index contributed by atoms with van der Waals surface area (Å²) in [5, 5.41) is 10.2. The first kappa shape index (κ1) is 22.3. The number of ketones is 1. The molecule has 0 aromatic rings. The SMILES string of the molecule is CC(C)C(C)/C=C/[C@@H](C)[C@H]1CC(=O)C2=C3CC[C@H]4C[C@@H](O)CC[C@]4(C)[C@H]3CC[C@@]21C. The van der Waals surface area contributed by atoms with Gasteiger partial charge in [0.05, 0.1) is 6.10 Å². The lowest BCUT2D eigenvalue weighted by molar-refractivity contribution is -0.115. The van der Waals surface area contributed by atoms with E-state index in [1.165, 1.54) is 17.6 Å². The van der Waals surface area contributed by atoms with Gasteiger partial charge in [-0.25, -0.2) is 0 Å². The van der Waals surface area contributed by atoms with Gasteiger partial charge < -0.3 is 5.11 Å². The third kappa shape index (κ3) is 3.46. The highest BCUT2D eigenvalue weighted by Gasteiger charge is 2.57. The second-order valence-electron chi connectivity index (χ2n) is 12.2. The highest BCUT2D eigenvalue weighted by atomic mass is 16.3. The number of allylic oxidation sites excluding steroid dienone is 4. The molecule has 0 heterocycles. The third-order valence-electron chi connectivity index (χ3n) is 10.2. The van der Waals surface area contributed by atoms with Gasteiger partial charge in [-0.3, -0.25) is 4.79 Å². The van der Waals surface area contributed by atoms with Crippen molar-refractivity contribution in [1.29, 1.82) is 0 Å². The molecule has 0 saturated heterocycles. The van der Waals surface area contributed by atoms with Crippen LogP contribution in [0.4, 0.5) is 0 Å². The summed E-state index contributed by atoms with van der Waals surface area (Å²) in [6, 6.07) is 0. The molecule has 0 aliphatic heterocycles. The lowest BCUT2D eigenvalue weighted by Crippen LogP contribution is -2.48. The lowest BCUT2D eigenvalue weighted by atomic mass is 9.49. The van der Waals surface area contributed by atoms with Crippen molar-refractivity contribution in [1.82, 2.24) is 0 Å². The second-order valence-corrected chi connectivity index (χ2v) is 12.2. The molecule has 168 valence electrons. The van der Waals surface area contributed by atoms with E-state index in [1.54, 1.807) is 0 Å². The highest BCUT2D eigenvalue weighted by Crippen LogP contribution is 2.65. The average Bonchev–Trinajstić information content (AvgIpc) is 2.97. The molecule has 2 nitrogen and oxygen atoms in total. The zero-order valence-electron chi connectivity index (χ0n) is 20.2. The Kier molecular flexibility index (Phi) is 5.88. The van der Waals surface area contributed by atoms with Crippen molar-refractivity contribution in [2.45, 2.75) is 99.0 Å². The van der Waals surface area contributed by atoms with Gasteiger partial charge in [0.25, 0.3) is 0 Å². The Hall–Kier alpha value is -0.890. The molecule has 0 bridgehead atoms. The molecule has 4 rings (SSSR count). The minimum absolute atomic E-state index is 0.0606. The summed E-state index contributed by atoms with van der Waals surface area (Å²) in [6.07, 6.45) is 13.1. The Labute approximate surface area is 184 Å². The van der Waals surface area contributed by atoms with Crippen molar-refractivity contribution >= 4 is 5.78 Å². The Morgan fingerprint density at radius 3 is 2.47 bits per heavy atom. The van der Waals surface area contributed by atoms with E-state index in [0.717, 1.165) is 44.9 Å². The van der Waals surface area contributed by atoms with Crippen LogP contribution in [0.15, 0.2) is 23.3 Å². The molecule has 0 radical (unpaired) electrons. The number of carbonyl (C=O) groups excluding carboxylic acids is 1. The van der Waals surface area contributed by atoms with Crippen LogP contribution >= 0.6 is 0 Å². The molecular formula is C28H44O2. The minimum Gasteiger partial charge on any atom is -0.393 e. The number of fused-ring (bicyclic) bond motifs is 4. The Morgan fingerprint density at radius 2 is 1.77 bits per heavy atom. The van der Waals surface area contributed by atoms with E-state index in [0.29, 0.717) is 41.3 Å². The first-order valence-electron chi connectivity index (χ1n) is 12.7. The highest BCUT2D eigenvalue weighted by molar-refractivity contribution is 6.00. The smallest absolute Gasteiger partial charge is 0.159 e. The van der Waals surface area contributed by atoms with Crippen molar-refractivity contribution in [3.8, 4) is 0 Å². The molecule has 0 aromatic heterocycles.